The van der Waals surface area contributed by atoms with E-state index in [0.29, 0.717) is 10.8 Å². The van der Waals surface area contributed by atoms with Crippen molar-refractivity contribution in [1.82, 2.24) is 0 Å². The Labute approximate surface area is 167 Å². The quantitative estimate of drug-likeness (QED) is 0.621. The van der Waals surface area contributed by atoms with E-state index in [-0.39, 0.29) is 0 Å². The zero-order valence-electron chi connectivity index (χ0n) is 15.2. The van der Waals surface area contributed by atoms with Crippen LogP contribution in [0, 0.1) is 0 Å². The standard InChI is InChI=1S/C21H20F3N3S/c22-21(23,24)15-8-7-11-17(14-15)27-19(28)26-18(20(27)12-5-2-6-13-20)25-16-9-3-1-4-10-16/h1,3-4,7-11,14H,2,5-6,12-13H2,(H,25,26,28). The number of nitrogens with one attached hydrogen (secondary N) is 1. The Hall–Kier alpha value is -2.41. The smallest absolute Gasteiger partial charge is 0.342 e. The molecule has 1 aliphatic heterocycles. The molecule has 0 aromatic heterocycles. The average Bonchev–Trinajstić information content (AvgIpc) is 2.93. The Morgan fingerprint density at radius 1 is 0.964 bits per heavy atom. The molecule has 0 atom stereocenters. The molecule has 1 fully saturated rings. The molecule has 1 saturated carbocycles. The van der Waals surface area contributed by atoms with Crippen molar-refractivity contribution in [1.29, 1.82) is 0 Å². The lowest BCUT2D eigenvalue weighted by molar-refractivity contribution is -0.137. The molecular formula is C21H20F3N3S. The molecule has 146 valence electrons. The molecule has 1 N–H and O–H groups in total. The molecule has 7 heteroatoms. The number of alkyl halides is 3. The number of benzene rings is 2. The molecule has 0 amide bonds. The number of thiocarbonyl (C=S) groups is 1. The summed E-state index contributed by atoms with van der Waals surface area (Å²) >= 11 is 5.52. The molecule has 3 nitrogen and oxygen atoms in total. The van der Waals surface area contributed by atoms with Crippen LogP contribution in [-0.4, -0.2) is 16.5 Å². The average molecular weight is 403 g/mol. The third-order valence-corrected chi connectivity index (χ3v) is 5.69. The van der Waals surface area contributed by atoms with E-state index in [9.17, 15) is 13.2 Å². The number of anilines is 2. The number of aliphatic imine (C=N–C) groups is 1. The zero-order chi connectivity index (χ0) is 19.8. The lowest BCUT2D eigenvalue weighted by Gasteiger charge is -2.43. The Morgan fingerprint density at radius 3 is 2.36 bits per heavy atom. The van der Waals surface area contributed by atoms with E-state index in [4.69, 9.17) is 12.2 Å². The summed E-state index contributed by atoms with van der Waals surface area (Å²) in [5, 5.41) is 3.68. The highest BCUT2D eigenvalue weighted by Gasteiger charge is 2.49. The first-order chi connectivity index (χ1) is 13.4. The van der Waals surface area contributed by atoms with Crippen molar-refractivity contribution in [2.75, 3.05) is 10.2 Å². The van der Waals surface area contributed by atoms with Crippen LogP contribution in [0.5, 0.6) is 0 Å². The van der Waals surface area contributed by atoms with Crippen LogP contribution in [-0.2, 0) is 6.18 Å². The molecule has 2 aromatic carbocycles. The number of para-hydroxylation sites is 1. The number of amidine groups is 1. The second kappa shape index (κ2) is 7.20. The summed E-state index contributed by atoms with van der Waals surface area (Å²) in [5.41, 5.74) is 0.119. The largest absolute Gasteiger partial charge is 0.416 e. The van der Waals surface area contributed by atoms with Gasteiger partial charge >= 0.3 is 6.18 Å². The summed E-state index contributed by atoms with van der Waals surface area (Å²) in [4.78, 5) is 6.41. The van der Waals surface area contributed by atoms with Gasteiger partial charge in [-0.2, -0.15) is 13.2 Å². The zero-order valence-corrected chi connectivity index (χ0v) is 16.0. The van der Waals surface area contributed by atoms with Gasteiger partial charge in [-0.3, -0.25) is 0 Å². The van der Waals surface area contributed by atoms with Crippen LogP contribution in [0.3, 0.4) is 0 Å². The van der Waals surface area contributed by atoms with Gasteiger partial charge < -0.3 is 10.2 Å². The van der Waals surface area contributed by atoms with Gasteiger partial charge in [0.05, 0.1) is 5.56 Å². The second-order valence-corrected chi connectivity index (χ2v) is 7.57. The first kappa shape index (κ1) is 18.9. The van der Waals surface area contributed by atoms with Gasteiger partial charge in [-0.05, 0) is 55.4 Å². The van der Waals surface area contributed by atoms with Crippen LogP contribution in [0.15, 0.2) is 59.6 Å². The maximum atomic E-state index is 13.3. The predicted molar refractivity (Wildman–Crippen MR) is 110 cm³/mol. The Kier molecular flexibility index (Phi) is 4.87. The fourth-order valence-electron chi connectivity index (χ4n) is 4.12. The summed E-state index contributed by atoms with van der Waals surface area (Å²) in [7, 11) is 0. The summed E-state index contributed by atoms with van der Waals surface area (Å²) in [6.45, 7) is 0. The van der Waals surface area contributed by atoms with Crippen LogP contribution < -0.4 is 10.2 Å². The van der Waals surface area contributed by atoms with E-state index in [0.717, 1.165) is 49.7 Å². The number of rotatable bonds is 2. The Balaban J connectivity index is 1.74. The van der Waals surface area contributed by atoms with Crippen LogP contribution in [0.2, 0.25) is 0 Å². The van der Waals surface area contributed by atoms with Crippen molar-refractivity contribution in [3.8, 4) is 0 Å². The van der Waals surface area contributed by atoms with E-state index < -0.39 is 17.3 Å². The minimum absolute atomic E-state index is 0.305. The summed E-state index contributed by atoms with van der Waals surface area (Å²) in [6, 6.07) is 15.0. The molecule has 0 unspecified atom stereocenters. The van der Waals surface area contributed by atoms with Crippen LogP contribution in [0.1, 0.15) is 37.7 Å². The van der Waals surface area contributed by atoms with Gasteiger partial charge in [-0.1, -0.05) is 43.5 Å². The summed E-state index contributed by atoms with van der Waals surface area (Å²) in [5.74, 6) is 0.723. The first-order valence-electron chi connectivity index (χ1n) is 9.33. The van der Waals surface area contributed by atoms with Gasteiger partial charge in [-0.25, -0.2) is 4.99 Å². The van der Waals surface area contributed by atoms with E-state index in [1.165, 1.54) is 12.1 Å². The number of hydrogen-bond donors (Lipinski definition) is 1. The van der Waals surface area contributed by atoms with E-state index in [2.05, 4.69) is 10.3 Å². The van der Waals surface area contributed by atoms with E-state index in [1.807, 2.05) is 35.2 Å². The predicted octanol–water partition coefficient (Wildman–Crippen LogP) is 6.02. The van der Waals surface area contributed by atoms with Crippen LogP contribution in [0.25, 0.3) is 0 Å². The summed E-state index contributed by atoms with van der Waals surface area (Å²) < 4.78 is 39.8. The van der Waals surface area contributed by atoms with Gasteiger partial charge in [-0.15, -0.1) is 0 Å². The maximum Gasteiger partial charge on any atom is 0.416 e. The Morgan fingerprint density at radius 2 is 1.68 bits per heavy atom. The van der Waals surface area contributed by atoms with Crippen molar-refractivity contribution in [2.24, 2.45) is 4.99 Å². The minimum atomic E-state index is -4.40. The molecule has 1 heterocycles. The fraction of sp³-hybridized carbons (Fsp3) is 0.333. The number of nitrogens with zero attached hydrogens (tertiary/aromatic N) is 2. The van der Waals surface area contributed by atoms with Gasteiger partial charge in [0.15, 0.2) is 0 Å². The molecule has 1 aliphatic carbocycles. The number of hydrogen-bond acceptors (Lipinski definition) is 2. The lowest BCUT2D eigenvalue weighted by Crippen LogP contribution is -2.55. The van der Waals surface area contributed by atoms with Gasteiger partial charge in [0.2, 0.25) is 5.11 Å². The molecule has 4 rings (SSSR count). The Bertz CT molecular complexity index is 903. The lowest BCUT2D eigenvalue weighted by atomic mass is 9.79. The van der Waals surface area contributed by atoms with Crippen molar-refractivity contribution < 1.29 is 13.2 Å². The van der Waals surface area contributed by atoms with Gasteiger partial charge in [0.25, 0.3) is 0 Å². The topological polar surface area (TPSA) is 27.6 Å². The normalized spacial score (nSPS) is 19.0. The third-order valence-electron chi connectivity index (χ3n) is 5.42. The van der Waals surface area contributed by atoms with Gasteiger partial charge in [0, 0.05) is 11.4 Å². The van der Waals surface area contributed by atoms with Crippen molar-refractivity contribution >= 4 is 34.5 Å². The monoisotopic (exact) mass is 403 g/mol. The molecule has 2 aliphatic rings. The first-order valence-corrected chi connectivity index (χ1v) is 9.74. The highest BCUT2D eigenvalue weighted by molar-refractivity contribution is 7.80. The SMILES string of the molecule is FC(F)(F)c1cccc(N2C(=S)N=C(Nc3ccccc3)C23CCCCC3)c1. The van der Waals surface area contributed by atoms with E-state index in [1.54, 1.807) is 6.07 Å². The molecule has 28 heavy (non-hydrogen) atoms. The fourth-order valence-corrected chi connectivity index (χ4v) is 4.49. The van der Waals surface area contributed by atoms with Crippen LogP contribution in [0.4, 0.5) is 24.5 Å². The van der Waals surface area contributed by atoms with Crippen molar-refractivity contribution in [2.45, 2.75) is 43.8 Å². The van der Waals surface area contributed by atoms with E-state index >= 15 is 0 Å². The second-order valence-electron chi connectivity index (χ2n) is 7.21. The minimum Gasteiger partial charge on any atom is -0.342 e. The maximum absolute atomic E-state index is 13.3. The number of halogens is 3. The highest BCUT2D eigenvalue weighted by Crippen LogP contribution is 2.43. The molecular weight excluding hydrogens is 383 g/mol. The molecule has 2 aromatic rings. The van der Waals surface area contributed by atoms with Crippen molar-refractivity contribution in [3.63, 3.8) is 0 Å². The molecule has 0 saturated heterocycles. The molecule has 0 bridgehead atoms. The molecule has 0 radical (unpaired) electrons. The third kappa shape index (κ3) is 3.39. The summed E-state index contributed by atoms with van der Waals surface area (Å²) in [6.07, 6.45) is 0.248. The highest BCUT2D eigenvalue weighted by atomic mass is 32.1. The molecule has 1 spiro atoms. The van der Waals surface area contributed by atoms with Gasteiger partial charge in [0.1, 0.15) is 11.4 Å². The van der Waals surface area contributed by atoms with Crippen LogP contribution >= 0.6 is 12.2 Å². The van der Waals surface area contributed by atoms with Crippen molar-refractivity contribution in [3.05, 3.63) is 60.2 Å².